The van der Waals surface area contributed by atoms with E-state index in [1.807, 2.05) is 0 Å². The standard InChI is InChI=1S/C27H42O3/c1-16-7-12-27(29-15-16)17(2)24-23(30-27)14-22-20-6-5-18-13-19(28)8-10-25(18,3)21(20)9-11-26(22,24)4/h5,16-17,19-24,28H,6-15H2,1-4H3/t16?,17?,19-,20?,21?,22?,23?,24?,25-,26-,27+/m0/s1. The third kappa shape index (κ3) is 2.55. The zero-order chi connectivity index (χ0) is 20.9. The highest BCUT2D eigenvalue weighted by atomic mass is 16.7. The van der Waals surface area contributed by atoms with Crippen LogP contribution in [0.4, 0.5) is 0 Å². The smallest absolute Gasteiger partial charge is 0.171 e. The molecule has 0 aromatic heterocycles. The number of aliphatic hydroxyl groups is 1. The number of aliphatic hydroxyl groups excluding tert-OH is 1. The lowest BCUT2D eigenvalue weighted by molar-refractivity contribution is -0.272. The summed E-state index contributed by atoms with van der Waals surface area (Å²) >= 11 is 0. The molecule has 1 spiro atoms. The van der Waals surface area contributed by atoms with Gasteiger partial charge in [0.2, 0.25) is 0 Å². The van der Waals surface area contributed by atoms with E-state index < -0.39 is 0 Å². The molecular weight excluding hydrogens is 372 g/mol. The van der Waals surface area contributed by atoms with E-state index in [1.54, 1.807) is 5.57 Å². The maximum Gasteiger partial charge on any atom is 0.171 e. The minimum absolute atomic E-state index is 0.107. The molecule has 0 bridgehead atoms. The van der Waals surface area contributed by atoms with E-state index in [4.69, 9.17) is 9.47 Å². The predicted molar refractivity (Wildman–Crippen MR) is 118 cm³/mol. The average molecular weight is 415 g/mol. The maximum absolute atomic E-state index is 10.3. The highest BCUT2D eigenvalue weighted by molar-refractivity contribution is 5.26. The molecule has 2 saturated heterocycles. The van der Waals surface area contributed by atoms with Crippen LogP contribution in [-0.4, -0.2) is 29.7 Å². The molecule has 1 N–H and O–H groups in total. The molecule has 7 unspecified atom stereocenters. The molecule has 6 rings (SSSR count). The van der Waals surface area contributed by atoms with Gasteiger partial charge in [0.1, 0.15) is 0 Å². The summed E-state index contributed by atoms with van der Waals surface area (Å²) in [5.41, 5.74) is 2.31. The Morgan fingerprint density at radius 1 is 1.03 bits per heavy atom. The minimum Gasteiger partial charge on any atom is -0.393 e. The quantitative estimate of drug-likeness (QED) is 0.516. The Labute approximate surface area is 183 Å². The zero-order valence-corrected chi connectivity index (χ0v) is 19.5. The molecule has 2 aliphatic heterocycles. The number of hydrogen-bond acceptors (Lipinski definition) is 3. The first kappa shape index (κ1) is 20.2. The normalized spacial score (nSPS) is 59.8. The van der Waals surface area contributed by atoms with Crippen molar-refractivity contribution in [2.24, 2.45) is 46.3 Å². The summed E-state index contributed by atoms with van der Waals surface area (Å²) in [5, 5.41) is 10.3. The van der Waals surface area contributed by atoms with Crippen molar-refractivity contribution in [1.82, 2.24) is 0 Å². The summed E-state index contributed by atoms with van der Waals surface area (Å²) in [6.45, 7) is 10.8. The van der Waals surface area contributed by atoms with Gasteiger partial charge < -0.3 is 14.6 Å². The largest absolute Gasteiger partial charge is 0.393 e. The Hall–Kier alpha value is -0.380. The Morgan fingerprint density at radius 3 is 2.63 bits per heavy atom. The Bertz CT molecular complexity index is 736. The van der Waals surface area contributed by atoms with E-state index in [0.29, 0.717) is 34.7 Å². The Morgan fingerprint density at radius 2 is 1.87 bits per heavy atom. The van der Waals surface area contributed by atoms with Crippen molar-refractivity contribution in [3.8, 4) is 0 Å². The lowest BCUT2D eigenvalue weighted by Crippen LogP contribution is -2.52. The van der Waals surface area contributed by atoms with Gasteiger partial charge in [0.15, 0.2) is 5.79 Å². The molecule has 6 aliphatic rings. The first-order valence-corrected chi connectivity index (χ1v) is 13.0. The van der Waals surface area contributed by atoms with E-state index in [-0.39, 0.29) is 11.9 Å². The van der Waals surface area contributed by atoms with Crippen LogP contribution in [0.25, 0.3) is 0 Å². The molecule has 11 atom stereocenters. The van der Waals surface area contributed by atoms with Gasteiger partial charge >= 0.3 is 0 Å². The van der Waals surface area contributed by atoms with Crippen LogP contribution in [0.15, 0.2) is 11.6 Å². The molecule has 0 radical (unpaired) electrons. The van der Waals surface area contributed by atoms with Crippen molar-refractivity contribution in [3.63, 3.8) is 0 Å². The van der Waals surface area contributed by atoms with Crippen LogP contribution >= 0.6 is 0 Å². The first-order valence-electron chi connectivity index (χ1n) is 13.0. The Kier molecular flexibility index (Phi) is 4.44. The predicted octanol–water partition coefficient (Wildman–Crippen LogP) is 5.71. The first-order chi connectivity index (χ1) is 14.3. The molecule has 168 valence electrons. The summed E-state index contributed by atoms with van der Waals surface area (Å²) in [5.74, 6) is 3.94. The Balaban J connectivity index is 1.28. The fourth-order valence-corrected chi connectivity index (χ4v) is 9.66. The van der Waals surface area contributed by atoms with Crippen molar-refractivity contribution < 1.29 is 14.6 Å². The number of ether oxygens (including phenoxy) is 2. The second-order valence-electron chi connectivity index (χ2n) is 12.7. The summed E-state index contributed by atoms with van der Waals surface area (Å²) in [7, 11) is 0. The van der Waals surface area contributed by atoms with E-state index in [1.165, 1.54) is 38.5 Å². The van der Waals surface area contributed by atoms with Gasteiger partial charge in [0, 0.05) is 12.3 Å². The van der Waals surface area contributed by atoms with E-state index in [9.17, 15) is 5.11 Å². The van der Waals surface area contributed by atoms with Gasteiger partial charge in [0.05, 0.1) is 18.8 Å². The molecule has 3 nitrogen and oxygen atoms in total. The molecule has 30 heavy (non-hydrogen) atoms. The fraction of sp³-hybridized carbons (Fsp3) is 0.926. The third-order valence-electron chi connectivity index (χ3n) is 11.3. The van der Waals surface area contributed by atoms with Crippen LogP contribution < -0.4 is 0 Å². The highest BCUT2D eigenvalue weighted by Crippen LogP contribution is 2.70. The molecule has 3 saturated carbocycles. The molecular formula is C27H42O3. The van der Waals surface area contributed by atoms with Gasteiger partial charge in [-0.2, -0.15) is 0 Å². The molecule has 4 aliphatic carbocycles. The fourth-order valence-electron chi connectivity index (χ4n) is 9.66. The second kappa shape index (κ2) is 6.58. The zero-order valence-electron chi connectivity index (χ0n) is 19.5. The van der Waals surface area contributed by atoms with Crippen LogP contribution in [-0.2, 0) is 9.47 Å². The monoisotopic (exact) mass is 414 g/mol. The van der Waals surface area contributed by atoms with Gasteiger partial charge in [-0.3, -0.25) is 0 Å². The molecule has 0 aromatic carbocycles. The molecule has 5 fully saturated rings. The third-order valence-corrected chi connectivity index (χ3v) is 11.3. The summed E-state index contributed by atoms with van der Waals surface area (Å²) < 4.78 is 13.3. The van der Waals surface area contributed by atoms with Gasteiger partial charge in [0.25, 0.3) is 0 Å². The average Bonchev–Trinajstić information content (AvgIpc) is 3.16. The van der Waals surface area contributed by atoms with Crippen LogP contribution in [0.1, 0.15) is 85.5 Å². The lowest BCUT2D eigenvalue weighted by Gasteiger charge is -2.58. The topological polar surface area (TPSA) is 38.7 Å². The van der Waals surface area contributed by atoms with E-state index in [2.05, 4.69) is 33.8 Å². The summed E-state index contributed by atoms with van der Waals surface area (Å²) in [6, 6.07) is 0. The number of fused-ring (bicyclic) bond motifs is 7. The van der Waals surface area contributed by atoms with E-state index in [0.717, 1.165) is 43.6 Å². The van der Waals surface area contributed by atoms with Crippen LogP contribution in [0.3, 0.4) is 0 Å². The molecule has 3 heteroatoms. The van der Waals surface area contributed by atoms with Crippen molar-refractivity contribution in [1.29, 1.82) is 0 Å². The van der Waals surface area contributed by atoms with Crippen LogP contribution in [0, 0.1) is 46.3 Å². The maximum atomic E-state index is 10.3. The van der Waals surface area contributed by atoms with Gasteiger partial charge in [-0.25, -0.2) is 0 Å². The van der Waals surface area contributed by atoms with Crippen molar-refractivity contribution >= 4 is 0 Å². The van der Waals surface area contributed by atoms with Gasteiger partial charge in [-0.1, -0.05) is 39.3 Å². The van der Waals surface area contributed by atoms with Gasteiger partial charge in [-0.15, -0.1) is 0 Å². The molecule has 0 amide bonds. The SMILES string of the molecule is CC1CC[C@@]2(OC1)OC1CC3C4CC=C5C[C@@H](O)CC[C@]5(C)C4CC[C@]3(C)C1C2C. The summed E-state index contributed by atoms with van der Waals surface area (Å²) in [4.78, 5) is 0. The number of allylic oxidation sites excluding steroid dienone is 1. The highest BCUT2D eigenvalue weighted by Gasteiger charge is 2.68. The molecule has 2 heterocycles. The van der Waals surface area contributed by atoms with E-state index >= 15 is 0 Å². The van der Waals surface area contributed by atoms with Crippen molar-refractivity contribution in [3.05, 3.63) is 11.6 Å². The molecule has 0 aromatic rings. The minimum atomic E-state index is -0.294. The second-order valence-corrected chi connectivity index (χ2v) is 12.7. The van der Waals surface area contributed by atoms with Gasteiger partial charge in [-0.05, 0) is 91.8 Å². The van der Waals surface area contributed by atoms with Crippen LogP contribution in [0.5, 0.6) is 0 Å². The van der Waals surface area contributed by atoms with Crippen LogP contribution in [0.2, 0.25) is 0 Å². The number of rotatable bonds is 0. The van der Waals surface area contributed by atoms with Crippen molar-refractivity contribution in [2.75, 3.05) is 6.61 Å². The summed E-state index contributed by atoms with van der Waals surface area (Å²) in [6.07, 6.45) is 13.5. The lowest BCUT2D eigenvalue weighted by atomic mass is 9.47. The van der Waals surface area contributed by atoms with Crippen molar-refractivity contribution in [2.45, 2.75) is 103 Å². The number of hydrogen-bond donors (Lipinski definition) is 1.